The maximum Gasteiger partial charge on any atom is 0.501 e. The number of ether oxygens (including phenoxy) is 1. The normalized spacial score (nSPS) is 19.3. The van der Waals surface area contributed by atoms with Crippen molar-refractivity contribution in [2.75, 3.05) is 94.6 Å². The molecule has 0 unspecified atom stereocenters. The molecule has 0 aromatic heterocycles. The minimum Gasteiger partial charge on any atom is -0.380 e. The van der Waals surface area contributed by atoms with Crippen LogP contribution in [0, 0.1) is 5.41 Å². The first-order valence-corrected chi connectivity index (χ1v) is 27.9. The number of anilines is 2. The van der Waals surface area contributed by atoms with Crippen molar-refractivity contribution in [3.05, 3.63) is 119 Å². The molecule has 3 saturated heterocycles. The topological polar surface area (TPSA) is 140 Å². The maximum atomic E-state index is 14.3. The number of hydrogen-bond donors (Lipinski definition) is 3. The molecular weight excluding hydrogens is 969 g/mol. The molecule has 3 aliphatic heterocycles. The number of piperidine rings is 1. The lowest BCUT2D eigenvalue weighted by Gasteiger charge is -2.44. The Morgan fingerprint density at radius 2 is 1.57 bits per heavy atom. The SMILES string of the molecule is O=C(NS(=O)(=O)c1ccc(N[C@H](CCN2CCCOCC2)CSc2ccccc2)c(S(=O)(=O)C(F)(F)F)c1)c1ccc(N2CCN(CC3=C(c4ccc(Cl)cc4)CCC4(CCNCC4)C3)CC2)cc1. The Bertz CT molecular complexity index is 2640. The zero-order valence-electron chi connectivity index (χ0n) is 38.5. The third-order valence-electron chi connectivity index (χ3n) is 13.8. The van der Waals surface area contributed by atoms with Gasteiger partial charge in [-0.05, 0) is 141 Å². The molecule has 3 heterocycles. The van der Waals surface area contributed by atoms with E-state index in [4.69, 9.17) is 16.3 Å². The molecule has 372 valence electrons. The number of benzene rings is 4. The lowest BCUT2D eigenvalue weighted by atomic mass is 9.65. The van der Waals surface area contributed by atoms with Gasteiger partial charge in [-0.15, -0.1) is 11.8 Å². The third kappa shape index (κ3) is 13.0. The second kappa shape index (κ2) is 22.5. The Labute approximate surface area is 413 Å². The van der Waals surface area contributed by atoms with Crippen LogP contribution >= 0.6 is 23.4 Å². The molecule has 4 aromatic carbocycles. The van der Waals surface area contributed by atoms with Crippen LogP contribution < -0.4 is 20.3 Å². The fraction of sp³-hybridized carbons (Fsp3) is 0.460. The van der Waals surface area contributed by atoms with Crippen molar-refractivity contribution in [1.82, 2.24) is 19.8 Å². The molecule has 4 aromatic rings. The average Bonchev–Trinajstić information content (AvgIpc) is 3.62. The number of alkyl halides is 3. The van der Waals surface area contributed by atoms with E-state index >= 15 is 0 Å². The number of nitrogens with zero attached hydrogens (tertiary/aromatic N) is 3. The van der Waals surface area contributed by atoms with Crippen molar-refractivity contribution < 1.29 is 39.5 Å². The maximum absolute atomic E-state index is 14.3. The van der Waals surface area contributed by atoms with E-state index in [9.17, 15) is 34.8 Å². The number of allylic oxidation sites excluding steroid dienone is 1. The van der Waals surface area contributed by atoms with E-state index in [0.29, 0.717) is 50.0 Å². The summed E-state index contributed by atoms with van der Waals surface area (Å²) >= 11 is 7.71. The van der Waals surface area contributed by atoms with E-state index in [1.807, 2.05) is 47.2 Å². The van der Waals surface area contributed by atoms with E-state index in [1.54, 1.807) is 12.1 Å². The van der Waals surface area contributed by atoms with Gasteiger partial charge in [-0.1, -0.05) is 47.5 Å². The summed E-state index contributed by atoms with van der Waals surface area (Å²) < 4.78 is 104. The number of amides is 1. The number of halogens is 4. The molecule has 3 fully saturated rings. The summed E-state index contributed by atoms with van der Waals surface area (Å²) in [6.07, 6.45) is 6.97. The number of sulfonamides is 1. The first kappa shape index (κ1) is 51.2. The van der Waals surface area contributed by atoms with Crippen molar-refractivity contribution in [3.63, 3.8) is 0 Å². The van der Waals surface area contributed by atoms with Crippen LogP contribution in [0.25, 0.3) is 5.57 Å². The molecule has 0 saturated carbocycles. The second-order valence-corrected chi connectivity index (χ2v) is 23.6. The molecule has 19 heteroatoms. The lowest BCUT2D eigenvalue weighted by Crippen LogP contribution is -2.47. The van der Waals surface area contributed by atoms with E-state index in [-0.39, 0.29) is 5.56 Å². The lowest BCUT2D eigenvalue weighted by molar-refractivity contribution is -0.0435. The standard InChI is InChI=1S/C50H60ClF3N6O6S3/c51-40-11-7-37(8-12-40)45-17-19-49(20-22-55-23-21-49)34-39(45)35-59-26-28-60(29-27-59)42-13-9-38(10-14-42)48(61)57-69(64,65)44-15-16-46(47(33-44)68(62,63)50(52,53)54)56-41(36-67-43-5-2-1-3-6-43)18-25-58-24-4-31-66-32-30-58/h1-3,5-16,33,41,55-56H,4,17-32,34-36H2,(H,57,61)/t41-/m1/s1. The van der Waals surface area contributed by atoms with Crippen molar-refractivity contribution in [2.45, 2.75) is 71.2 Å². The fourth-order valence-corrected chi connectivity index (χ4v) is 13.0. The van der Waals surface area contributed by atoms with Gasteiger partial charge in [0.2, 0.25) is 0 Å². The van der Waals surface area contributed by atoms with Gasteiger partial charge in [0.1, 0.15) is 4.90 Å². The summed E-state index contributed by atoms with van der Waals surface area (Å²) in [4.78, 5) is 19.2. The van der Waals surface area contributed by atoms with Crippen LogP contribution in [0.4, 0.5) is 24.5 Å². The van der Waals surface area contributed by atoms with Gasteiger partial charge in [-0.2, -0.15) is 13.2 Å². The molecule has 0 radical (unpaired) electrons. The monoisotopic (exact) mass is 1030 g/mol. The number of carbonyl (C=O) groups is 1. The highest BCUT2D eigenvalue weighted by atomic mass is 35.5. The molecule has 1 amide bonds. The molecule has 8 rings (SSSR count). The van der Waals surface area contributed by atoms with Crippen LogP contribution in [0.2, 0.25) is 5.02 Å². The highest BCUT2D eigenvalue weighted by Crippen LogP contribution is 2.48. The summed E-state index contributed by atoms with van der Waals surface area (Å²) in [6, 6.07) is 26.0. The predicted octanol–water partition coefficient (Wildman–Crippen LogP) is 8.57. The van der Waals surface area contributed by atoms with Gasteiger partial charge in [0.25, 0.3) is 25.8 Å². The van der Waals surface area contributed by atoms with Crippen LogP contribution in [0.1, 0.15) is 60.9 Å². The van der Waals surface area contributed by atoms with Crippen molar-refractivity contribution >= 4 is 66.1 Å². The molecular formula is C50H60ClF3N6O6S3. The van der Waals surface area contributed by atoms with Gasteiger partial charge in [-0.25, -0.2) is 21.6 Å². The summed E-state index contributed by atoms with van der Waals surface area (Å²) in [5.74, 6) is -0.649. The van der Waals surface area contributed by atoms with Gasteiger partial charge in [0.05, 0.1) is 17.2 Å². The zero-order valence-corrected chi connectivity index (χ0v) is 41.7. The Morgan fingerprint density at radius 3 is 2.28 bits per heavy atom. The Morgan fingerprint density at radius 1 is 0.841 bits per heavy atom. The third-order valence-corrected chi connectivity index (χ3v) is 18.1. The van der Waals surface area contributed by atoms with Crippen LogP contribution in [-0.2, 0) is 24.6 Å². The highest BCUT2D eigenvalue weighted by Gasteiger charge is 2.48. The number of thioether (sulfide) groups is 1. The minimum absolute atomic E-state index is 0.00270. The van der Waals surface area contributed by atoms with E-state index < -0.39 is 52.8 Å². The quantitative estimate of drug-likeness (QED) is 0.0927. The van der Waals surface area contributed by atoms with Gasteiger partial charge < -0.3 is 25.2 Å². The fourth-order valence-electron chi connectivity index (χ4n) is 9.87. The van der Waals surface area contributed by atoms with Gasteiger partial charge in [-0.3, -0.25) is 9.69 Å². The second-order valence-electron chi connectivity index (χ2n) is 18.4. The van der Waals surface area contributed by atoms with E-state index in [0.717, 1.165) is 99.4 Å². The van der Waals surface area contributed by atoms with Gasteiger partial charge >= 0.3 is 5.51 Å². The van der Waals surface area contributed by atoms with Crippen LogP contribution in [0.3, 0.4) is 0 Å². The Kier molecular flexibility index (Phi) is 16.7. The summed E-state index contributed by atoms with van der Waals surface area (Å²) in [7, 11) is -10.9. The number of sulfone groups is 1. The smallest absolute Gasteiger partial charge is 0.380 e. The predicted molar refractivity (Wildman–Crippen MR) is 267 cm³/mol. The molecule has 4 aliphatic rings. The molecule has 12 nitrogen and oxygen atoms in total. The Balaban J connectivity index is 0.928. The van der Waals surface area contributed by atoms with Crippen molar-refractivity contribution in [3.8, 4) is 0 Å². The molecule has 3 N–H and O–H groups in total. The largest absolute Gasteiger partial charge is 0.501 e. The zero-order chi connectivity index (χ0) is 48.7. The number of hydrogen-bond acceptors (Lipinski definition) is 12. The van der Waals surface area contributed by atoms with Crippen molar-refractivity contribution in [1.29, 1.82) is 0 Å². The first-order chi connectivity index (χ1) is 33.1. The molecule has 1 aliphatic carbocycles. The van der Waals surface area contributed by atoms with Crippen LogP contribution in [0.5, 0.6) is 0 Å². The summed E-state index contributed by atoms with van der Waals surface area (Å²) in [5.41, 5.74) is -0.779. The number of rotatable bonds is 16. The number of carbonyl (C=O) groups excluding carboxylic acids is 1. The average molecular weight is 1030 g/mol. The number of piperazine rings is 1. The molecule has 69 heavy (non-hydrogen) atoms. The Hall–Kier alpha value is -4.14. The van der Waals surface area contributed by atoms with Crippen molar-refractivity contribution in [2.24, 2.45) is 5.41 Å². The van der Waals surface area contributed by atoms with Gasteiger partial charge in [0.15, 0.2) is 0 Å². The van der Waals surface area contributed by atoms with Gasteiger partial charge in [0, 0.05) is 91.9 Å². The summed E-state index contributed by atoms with van der Waals surface area (Å²) in [6.45, 7) is 9.34. The summed E-state index contributed by atoms with van der Waals surface area (Å²) in [5, 5.41) is 7.27. The van der Waals surface area contributed by atoms with Crippen LogP contribution in [0.15, 0.2) is 117 Å². The highest BCUT2D eigenvalue weighted by molar-refractivity contribution is 7.99. The number of nitrogens with one attached hydrogen (secondary N) is 3. The molecule has 1 spiro atoms. The van der Waals surface area contributed by atoms with Crippen LogP contribution in [-0.4, -0.2) is 129 Å². The van der Waals surface area contributed by atoms with E-state index in [2.05, 4.69) is 37.5 Å². The molecule has 0 bridgehead atoms. The minimum atomic E-state index is -6.06. The van der Waals surface area contributed by atoms with E-state index in [1.165, 1.54) is 59.9 Å². The first-order valence-electron chi connectivity index (χ1n) is 23.6. The molecule has 1 atom stereocenters.